The second-order valence-corrected chi connectivity index (χ2v) is 3.92. The normalized spacial score (nSPS) is 10.4. The van der Waals surface area contributed by atoms with Crippen LogP contribution in [0.3, 0.4) is 0 Å². The number of hydrogen-bond donors (Lipinski definition) is 2. The third-order valence-electron chi connectivity index (χ3n) is 2.53. The molecule has 3 N–H and O–H groups in total. The van der Waals surface area contributed by atoms with E-state index in [0.29, 0.717) is 10.7 Å². The summed E-state index contributed by atoms with van der Waals surface area (Å²) in [5.41, 5.74) is 9.02. The molecule has 0 radical (unpaired) electrons. The number of aliphatic hydroxyl groups is 1. The van der Waals surface area contributed by atoms with Crippen LogP contribution in [-0.2, 0) is 6.61 Å². The molecule has 0 fully saturated rings. The van der Waals surface area contributed by atoms with E-state index in [4.69, 9.17) is 22.4 Å². The smallest absolute Gasteiger partial charge is 0.0702 e. The van der Waals surface area contributed by atoms with Gasteiger partial charge in [-0.1, -0.05) is 48.0 Å². The molecule has 0 atom stereocenters. The molecule has 0 heterocycles. The van der Waals surface area contributed by atoms with Crippen LogP contribution in [0.15, 0.2) is 42.5 Å². The molecule has 0 spiro atoms. The van der Waals surface area contributed by atoms with E-state index in [1.807, 2.05) is 36.4 Å². The summed E-state index contributed by atoms with van der Waals surface area (Å²) in [5, 5.41) is 9.80. The second-order valence-electron chi connectivity index (χ2n) is 3.52. The van der Waals surface area contributed by atoms with E-state index in [0.717, 1.165) is 16.7 Å². The molecule has 16 heavy (non-hydrogen) atoms. The van der Waals surface area contributed by atoms with Gasteiger partial charge in [-0.15, -0.1) is 0 Å². The van der Waals surface area contributed by atoms with Crippen LogP contribution in [0.4, 0.5) is 5.69 Å². The molecular weight excluding hydrogens is 222 g/mol. The van der Waals surface area contributed by atoms with Crippen molar-refractivity contribution in [2.24, 2.45) is 0 Å². The van der Waals surface area contributed by atoms with Crippen LogP contribution in [0.1, 0.15) is 5.56 Å². The monoisotopic (exact) mass is 233 g/mol. The number of halogens is 1. The van der Waals surface area contributed by atoms with Crippen molar-refractivity contribution in [1.29, 1.82) is 0 Å². The first-order valence-electron chi connectivity index (χ1n) is 4.97. The summed E-state index contributed by atoms with van der Waals surface area (Å²) in [5.74, 6) is 0. The summed E-state index contributed by atoms with van der Waals surface area (Å²) in [6.45, 7) is -0.0654. The maximum atomic E-state index is 9.15. The Bertz CT molecular complexity index is 511. The van der Waals surface area contributed by atoms with Gasteiger partial charge in [0.15, 0.2) is 0 Å². The highest BCUT2D eigenvalue weighted by atomic mass is 35.5. The number of rotatable bonds is 2. The lowest BCUT2D eigenvalue weighted by Gasteiger charge is -2.10. The zero-order valence-corrected chi connectivity index (χ0v) is 9.41. The van der Waals surface area contributed by atoms with Crippen molar-refractivity contribution in [3.63, 3.8) is 0 Å². The molecule has 0 amide bonds. The number of anilines is 1. The Morgan fingerprint density at radius 2 is 1.69 bits per heavy atom. The lowest BCUT2D eigenvalue weighted by Crippen LogP contribution is -1.97. The molecule has 0 saturated carbocycles. The van der Waals surface area contributed by atoms with E-state index in [-0.39, 0.29) is 6.61 Å². The summed E-state index contributed by atoms with van der Waals surface area (Å²) >= 11 is 6.11. The fourth-order valence-electron chi connectivity index (χ4n) is 1.67. The summed E-state index contributed by atoms with van der Waals surface area (Å²) in [6, 6.07) is 13.1. The van der Waals surface area contributed by atoms with Crippen molar-refractivity contribution in [2.45, 2.75) is 6.61 Å². The first kappa shape index (κ1) is 11.0. The minimum Gasteiger partial charge on any atom is -0.398 e. The molecule has 0 aliphatic carbocycles. The Labute approximate surface area is 99.3 Å². The van der Waals surface area contributed by atoms with Crippen molar-refractivity contribution in [2.75, 3.05) is 5.73 Å². The van der Waals surface area contributed by atoms with Gasteiger partial charge < -0.3 is 10.8 Å². The Kier molecular flexibility index (Phi) is 3.13. The van der Waals surface area contributed by atoms with Gasteiger partial charge in [0.25, 0.3) is 0 Å². The van der Waals surface area contributed by atoms with Gasteiger partial charge in [0.05, 0.1) is 6.61 Å². The fourth-order valence-corrected chi connectivity index (χ4v) is 1.90. The van der Waals surface area contributed by atoms with Gasteiger partial charge in [-0.2, -0.15) is 0 Å². The van der Waals surface area contributed by atoms with Gasteiger partial charge in [-0.05, 0) is 6.07 Å². The van der Waals surface area contributed by atoms with Crippen LogP contribution in [-0.4, -0.2) is 5.11 Å². The topological polar surface area (TPSA) is 46.2 Å². The molecule has 0 aliphatic heterocycles. The van der Waals surface area contributed by atoms with Gasteiger partial charge in [0, 0.05) is 27.4 Å². The molecule has 0 aromatic heterocycles. The Morgan fingerprint density at radius 1 is 1.00 bits per heavy atom. The van der Waals surface area contributed by atoms with Crippen molar-refractivity contribution in [3.05, 3.63) is 53.1 Å². The SMILES string of the molecule is Nc1c(CO)cccc1-c1ccccc1Cl. The van der Waals surface area contributed by atoms with Crippen LogP contribution < -0.4 is 5.73 Å². The molecule has 3 heteroatoms. The second kappa shape index (κ2) is 4.56. The maximum absolute atomic E-state index is 9.15. The largest absolute Gasteiger partial charge is 0.398 e. The van der Waals surface area contributed by atoms with Gasteiger partial charge >= 0.3 is 0 Å². The van der Waals surface area contributed by atoms with E-state index in [9.17, 15) is 0 Å². The van der Waals surface area contributed by atoms with Gasteiger partial charge in [-0.3, -0.25) is 0 Å². The number of para-hydroxylation sites is 1. The molecule has 2 rings (SSSR count). The summed E-state index contributed by atoms with van der Waals surface area (Å²) in [6.07, 6.45) is 0. The third kappa shape index (κ3) is 1.90. The lowest BCUT2D eigenvalue weighted by molar-refractivity contribution is 0.282. The average Bonchev–Trinajstić information content (AvgIpc) is 2.31. The molecule has 0 unspecified atom stereocenters. The van der Waals surface area contributed by atoms with Gasteiger partial charge in [-0.25, -0.2) is 0 Å². The number of nitrogens with two attached hydrogens (primary N) is 1. The van der Waals surface area contributed by atoms with Gasteiger partial charge in [0.2, 0.25) is 0 Å². The first-order valence-corrected chi connectivity index (χ1v) is 5.35. The van der Waals surface area contributed by atoms with Crippen LogP contribution >= 0.6 is 11.6 Å². The number of nitrogen functional groups attached to an aromatic ring is 1. The summed E-state index contributed by atoms with van der Waals surface area (Å²) < 4.78 is 0. The highest BCUT2D eigenvalue weighted by molar-refractivity contribution is 6.33. The Balaban J connectivity index is 2.61. The van der Waals surface area contributed by atoms with Crippen molar-refractivity contribution >= 4 is 17.3 Å². The van der Waals surface area contributed by atoms with E-state index in [2.05, 4.69) is 0 Å². The highest BCUT2D eigenvalue weighted by Crippen LogP contribution is 2.33. The Morgan fingerprint density at radius 3 is 2.38 bits per heavy atom. The average molecular weight is 234 g/mol. The van der Waals surface area contributed by atoms with Crippen molar-refractivity contribution in [1.82, 2.24) is 0 Å². The Hall–Kier alpha value is -1.51. The number of benzene rings is 2. The predicted molar refractivity (Wildman–Crippen MR) is 67.2 cm³/mol. The molecule has 0 saturated heterocycles. The molecule has 2 aromatic rings. The molecule has 0 bridgehead atoms. The zero-order valence-electron chi connectivity index (χ0n) is 8.65. The predicted octanol–water partition coefficient (Wildman–Crippen LogP) is 3.08. The van der Waals surface area contributed by atoms with E-state index < -0.39 is 0 Å². The lowest BCUT2D eigenvalue weighted by atomic mass is 10.0. The minimum atomic E-state index is -0.0654. The molecule has 2 nitrogen and oxygen atoms in total. The van der Waals surface area contributed by atoms with E-state index in [1.54, 1.807) is 6.07 Å². The van der Waals surface area contributed by atoms with E-state index in [1.165, 1.54) is 0 Å². The number of aliphatic hydroxyl groups excluding tert-OH is 1. The van der Waals surface area contributed by atoms with Crippen LogP contribution in [0.5, 0.6) is 0 Å². The molecule has 0 aliphatic rings. The standard InChI is InChI=1S/C13H12ClNO/c14-12-7-2-1-5-10(12)11-6-3-4-9(8-16)13(11)15/h1-7,16H,8,15H2. The van der Waals surface area contributed by atoms with Crippen molar-refractivity contribution in [3.8, 4) is 11.1 Å². The minimum absolute atomic E-state index is 0.0654. The van der Waals surface area contributed by atoms with Crippen LogP contribution in [0.2, 0.25) is 5.02 Å². The summed E-state index contributed by atoms with van der Waals surface area (Å²) in [7, 11) is 0. The van der Waals surface area contributed by atoms with Gasteiger partial charge in [0.1, 0.15) is 0 Å². The maximum Gasteiger partial charge on any atom is 0.0702 e. The third-order valence-corrected chi connectivity index (χ3v) is 2.86. The summed E-state index contributed by atoms with van der Waals surface area (Å²) in [4.78, 5) is 0. The zero-order chi connectivity index (χ0) is 11.5. The van der Waals surface area contributed by atoms with Crippen LogP contribution in [0.25, 0.3) is 11.1 Å². The molecule has 82 valence electrons. The van der Waals surface area contributed by atoms with Crippen LogP contribution in [0, 0.1) is 0 Å². The highest BCUT2D eigenvalue weighted by Gasteiger charge is 2.08. The quantitative estimate of drug-likeness (QED) is 0.783. The molecule has 2 aromatic carbocycles. The van der Waals surface area contributed by atoms with E-state index >= 15 is 0 Å². The number of hydrogen-bond acceptors (Lipinski definition) is 2. The fraction of sp³-hybridized carbons (Fsp3) is 0.0769. The molecular formula is C13H12ClNO. The first-order chi connectivity index (χ1) is 7.74. The van der Waals surface area contributed by atoms with Crippen molar-refractivity contribution < 1.29 is 5.11 Å².